The zero-order chi connectivity index (χ0) is 8.39. The summed E-state index contributed by atoms with van der Waals surface area (Å²) < 4.78 is 5.53. The zero-order valence-corrected chi connectivity index (χ0v) is 7.88. The van der Waals surface area contributed by atoms with Gasteiger partial charge in [-0.2, -0.15) is 0 Å². The molecule has 0 amide bonds. The fourth-order valence-electron chi connectivity index (χ4n) is 2.84. The van der Waals surface area contributed by atoms with E-state index in [9.17, 15) is 0 Å². The Bertz CT molecular complexity index is 140. The fraction of sp³-hybridized carbons (Fsp3) is 1.00. The van der Waals surface area contributed by atoms with E-state index in [4.69, 9.17) is 4.74 Å². The van der Waals surface area contributed by atoms with E-state index in [-0.39, 0.29) is 0 Å². The van der Waals surface area contributed by atoms with E-state index in [0.717, 1.165) is 11.8 Å². The summed E-state index contributed by atoms with van der Waals surface area (Å²) in [5, 5.41) is 3.47. The van der Waals surface area contributed by atoms with Gasteiger partial charge < -0.3 is 10.1 Å². The van der Waals surface area contributed by atoms with Crippen LogP contribution in [0.3, 0.4) is 0 Å². The molecular formula is C10H19NO. The maximum absolute atomic E-state index is 5.53. The molecule has 0 radical (unpaired) electrons. The maximum atomic E-state index is 5.53. The van der Waals surface area contributed by atoms with E-state index in [1.54, 1.807) is 0 Å². The Hall–Kier alpha value is -0.0800. The van der Waals surface area contributed by atoms with Gasteiger partial charge in [-0.05, 0) is 44.2 Å². The van der Waals surface area contributed by atoms with Gasteiger partial charge in [-0.25, -0.2) is 0 Å². The average molecular weight is 169 g/mol. The van der Waals surface area contributed by atoms with Crippen molar-refractivity contribution in [1.82, 2.24) is 5.32 Å². The van der Waals surface area contributed by atoms with Gasteiger partial charge in [0, 0.05) is 7.11 Å². The number of rotatable bonds is 1. The van der Waals surface area contributed by atoms with Gasteiger partial charge in [0.05, 0.1) is 6.10 Å². The quantitative estimate of drug-likeness (QED) is 0.641. The topological polar surface area (TPSA) is 21.3 Å². The highest BCUT2D eigenvalue weighted by atomic mass is 16.5. The molecule has 1 saturated carbocycles. The molecule has 1 N–H and O–H groups in total. The summed E-state index contributed by atoms with van der Waals surface area (Å²) in [6.07, 6.45) is 5.95. The molecule has 3 atom stereocenters. The van der Waals surface area contributed by atoms with Crippen LogP contribution in [-0.4, -0.2) is 26.3 Å². The average Bonchev–Trinajstić information content (AvgIpc) is 2.17. The van der Waals surface area contributed by atoms with Crippen LogP contribution in [0.25, 0.3) is 0 Å². The van der Waals surface area contributed by atoms with Crippen LogP contribution in [-0.2, 0) is 4.74 Å². The Morgan fingerprint density at radius 2 is 2.17 bits per heavy atom. The molecule has 2 rings (SSSR count). The molecule has 12 heavy (non-hydrogen) atoms. The summed E-state index contributed by atoms with van der Waals surface area (Å²) in [7, 11) is 1.87. The number of piperidine rings is 1. The first kappa shape index (κ1) is 8.52. The van der Waals surface area contributed by atoms with Crippen LogP contribution in [0.5, 0.6) is 0 Å². The lowest BCUT2D eigenvalue weighted by molar-refractivity contribution is -0.0163. The van der Waals surface area contributed by atoms with Crippen LogP contribution >= 0.6 is 0 Å². The molecule has 0 bridgehead atoms. The number of ether oxygens (including phenoxy) is 1. The summed E-state index contributed by atoms with van der Waals surface area (Å²) in [6, 6.07) is 0. The maximum Gasteiger partial charge on any atom is 0.0603 e. The third-order valence-electron chi connectivity index (χ3n) is 3.51. The second-order valence-corrected chi connectivity index (χ2v) is 4.12. The number of hydrogen-bond acceptors (Lipinski definition) is 2. The third-order valence-corrected chi connectivity index (χ3v) is 3.51. The van der Waals surface area contributed by atoms with Gasteiger partial charge in [0.25, 0.3) is 0 Å². The third kappa shape index (κ3) is 1.50. The van der Waals surface area contributed by atoms with Crippen LogP contribution in [0.1, 0.15) is 25.7 Å². The molecule has 2 fully saturated rings. The lowest BCUT2D eigenvalue weighted by Gasteiger charge is -2.40. The molecule has 2 nitrogen and oxygen atoms in total. The van der Waals surface area contributed by atoms with Gasteiger partial charge in [0.2, 0.25) is 0 Å². The Morgan fingerprint density at radius 1 is 1.25 bits per heavy atom. The molecule has 2 heteroatoms. The zero-order valence-electron chi connectivity index (χ0n) is 7.88. The van der Waals surface area contributed by atoms with Gasteiger partial charge >= 0.3 is 0 Å². The molecule has 0 aromatic heterocycles. The van der Waals surface area contributed by atoms with Crippen molar-refractivity contribution in [2.75, 3.05) is 20.2 Å². The second kappa shape index (κ2) is 3.75. The van der Waals surface area contributed by atoms with Crippen LogP contribution in [0.15, 0.2) is 0 Å². The van der Waals surface area contributed by atoms with Crippen LogP contribution < -0.4 is 5.32 Å². The van der Waals surface area contributed by atoms with Crippen molar-refractivity contribution >= 4 is 0 Å². The largest absolute Gasteiger partial charge is 0.381 e. The van der Waals surface area contributed by atoms with Gasteiger partial charge in [-0.3, -0.25) is 0 Å². The highest BCUT2D eigenvalue weighted by Crippen LogP contribution is 2.35. The smallest absolute Gasteiger partial charge is 0.0603 e. The van der Waals surface area contributed by atoms with E-state index < -0.39 is 0 Å². The van der Waals surface area contributed by atoms with Crippen LogP contribution in [0.2, 0.25) is 0 Å². The SMILES string of the molecule is COC1CCCC2CNCCC21. The first-order valence-corrected chi connectivity index (χ1v) is 5.15. The van der Waals surface area contributed by atoms with Crippen molar-refractivity contribution in [3.8, 4) is 0 Å². The molecule has 1 aliphatic carbocycles. The molecular weight excluding hydrogens is 150 g/mol. The highest BCUT2D eigenvalue weighted by molar-refractivity contribution is 4.87. The second-order valence-electron chi connectivity index (χ2n) is 4.12. The fourth-order valence-corrected chi connectivity index (χ4v) is 2.84. The van der Waals surface area contributed by atoms with Gasteiger partial charge in [0.15, 0.2) is 0 Å². The lowest BCUT2D eigenvalue weighted by atomic mass is 9.74. The first-order chi connectivity index (χ1) is 5.92. The molecule has 1 aliphatic heterocycles. The van der Waals surface area contributed by atoms with E-state index in [2.05, 4.69) is 5.32 Å². The van der Waals surface area contributed by atoms with E-state index in [1.165, 1.54) is 38.8 Å². The molecule has 1 heterocycles. The summed E-state index contributed by atoms with van der Waals surface area (Å²) in [4.78, 5) is 0. The number of fused-ring (bicyclic) bond motifs is 1. The monoisotopic (exact) mass is 169 g/mol. The normalized spacial score (nSPS) is 42.2. The van der Waals surface area contributed by atoms with Crippen molar-refractivity contribution in [3.63, 3.8) is 0 Å². The molecule has 3 unspecified atom stereocenters. The predicted octanol–water partition coefficient (Wildman–Crippen LogP) is 1.41. The number of methoxy groups -OCH3 is 1. The van der Waals surface area contributed by atoms with Crippen molar-refractivity contribution in [2.24, 2.45) is 11.8 Å². The number of hydrogen-bond donors (Lipinski definition) is 1. The van der Waals surface area contributed by atoms with Crippen molar-refractivity contribution in [2.45, 2.75) is 31.8 Å². The molecule has 0 spiro atoms. The summed E-state index contributed by atoms with van der Waals surface area (Å²) in [5.74, 6) is 1.75. The molecule has 70 valence electrons. The summed E-state index contributed by atoms with van der Waals surface area (Å²) in [6.45, 7) is 2.42. The molecule has 2 aliphatic rings. The van der Waals surface area contributed by atoms with E-state index in [1.807, 2.05) is 7.11 Å². The van der Waals surface area contributed by atoms with Crippen molar-refractivity contribution < 1.29 is 4.74 Å². The minimum atomic E-state index is 0.561. The minimum Gasteiger partial charge on any atom is -0.381 e. The van der Waals surface area contributed by atoms with Gasteiger partial charge in [0.1, 0.15) is 0 Å². The van der Waals surface area contributed by atoms with Crippen LogP contribution in [0.4, 0.5) is 0 Å². The standard InChI is InChI=1S/C10H19NO/c1-12-10-4-2-3-8-7-11-6-5-9(8)10/h8-11H,2-7H2,1H3. The summed E-state index contributed by atoms with van der Waals surface area (Å²) in [5.41, 5.74) is 0. The lowest BCUT2D eigenvalue weighted by Crippen LogP contribution is -2.44. The van der Waals surface area contributed by atoms with Gasteiger partial charge in [-0.15, -0.1) is 0 Å². The van der Waals surface area contributed by atoms with E-state index in [0.29, 0.717) is 6.10 Å². The Labute approximate surface area is 74.7 Å². The molecule has 0 aromatic rings. The van der Waals surface area contributed by atoms with E-state index >= 15 is 0 Å². The summed E-state index contributed by atoms with van der Waals surface area (Å²) >= 11 is 0. The molecule has 0 aromatic carbocycles. The van der Waals surface area contributed by atoms with Crippen molar-refractivity contribution in [3.05, 3.63) is 0 Å². The molecule has 1 saturated heterocycles. The van der Waals surface area contributed by atoms with Crippen molar-refractivity contribution in [1.29, 1.82) is 0 Å². The number of nitrogens with one attached hydrogen (secondary N) is 1. The first-order valence-electron chi connectivity index (χ1n) is 5.15. The Balaban J connectivity index is 1.99. The Morgan fingerprint density at radius 3 is 3.00 bits per heavy atom. The predicted molar refractivity (Wildman–Crippen MR) is 49.1 cm³/mol. The highest BCUT2D eigenvalue weighted by Gasteiger charge is 2.34. The minimum absolute atomic E-state index is 0.561. The Kier molecular flexibility index (Phi) is 2.66. The van der Waals surface area contributed by atoms with Crippen LogP contribution in [0, 0.1) is 11.8 Å². The van der Waals surface area contributed by atoms with Gasteiger partial charge in [-0.1, -0.05) is 6.42 Å².